The number of aliphatic hydroxyl groups excluding tert-OH is 1. The van der Waals surface area contributed by atoms with Crippen LogP contribution in [0.25, 0.3) is 0 Å². The molecule has 0 aliphatic carbocycles. The molecule has 0 amide bonds. The SMILES string of the molecule is CCC(CO)(Nc1cccc(Cl)c1)c1ccc(Cl)cc1. The minimum Gasteiger partial charge on any atom is -0.394 e. The van der Waals surface area contributed by atoms with Crippen molar-refractivity contribution < 1.29 is 5.11 Å². The summed E-state index contributed by atoms with van der Waals surface area (Å²) in [7, 11) is 0. The minimum atomic E-state index is -0.546. The van der Waals surface area contributed by atoms with Gasteiger partial charge in [-0.15, -0.1) is 0 Å². The van der Waals surface area contributed by atoms with Gasteiger partial charge in [-0.3, -0.25) is 0 Å². The topological polar surface area (TPSA) is 32.3 Å². The maximum Gasteiger partial charge on any atom is 0.0854 e. The maximum atomic E-state index is 9.90. The molecule has 0 fully saturated rings. The number of anilines is 1. The van der Waals surface area contributed by atoms with Crippen LogP contribution in [0.3, 0.4) is 0 Å². The second kappa shape index (κ2) is 6.49. The van der Waals surface area contributed by atoms with E-state index in [1.54, 1.807) is 0 Å². The maximum absolute atomic E-state index is 9.90. The number of rotatable bonds is 5. The summed E-state index contributed by atoms with van der Waals surface area (Å²) in [6.45, 7) is 2.01. The minimum absolute atomic E-state index is 0.0162. The van der Waals surface area contributed by atoms with Gasteiger partial charge in [0.1, 0.15) is 0 Å². The molecule has 0 aliphatic rings. The average molecular weight is 310 g/mol. The van der Waals surface area contributed by atoms with Crippen LogP contribution in [0, 0.1) is 0 Å². The van der Waals surface area contributed by atoms with E-state index in [1.165, 1.54) is 0 Å². The first-order valence-electron chi connectivity index (χ1n) is 6.50. The van der Waals surface area contributed by atoms with Crippen LogP contribution in [0.1, 0.15) is 18.9 Å². The lowest BCUT2D eigenvalue weighted by Gasteiger charge is -2.34. The molecule has 2 aromatic rings. The third-order valence-corrected chi connectivity index (χ3v) is 3.97. The van der Waals surface area contributed by atoms with Gasteiger partial charge in [-0.25, -0.2) is 0 Å². The molecule has 0 saturated heterocycles. The van der Waals surface area contributed by atoms with Crippen molar-refractivity contribution in [3.63, 3.8) is 0 Å². The molecule has 2 N–H and O–H groups in total. The number of benzene rings is 2. The summed E-state index contributed by atoms with van der Waals surface area (Å²) in [6, 6.07) is 15.0. The molecule has 0 aromatic heterocycles. The Kier molecular flexibility index (Phi) is 4.92. The lowest BCUT2D eigenvalue weighted by atomic mass is 9.87. The van der Waals surface area contributed by atoms with Crippen LogP contribution >= 0.6 is 23.2 Å². The van der Waals surface area contributed by atoms with Crippen LogP contribution in [0.2, 0.25) is 10.0 Å². The number of hydrogen-bond acceptors (Lipinski definition) is 2. The van der Waals surface area contributed by atoms with Crippen LogP contribution in [-0.2, 0) is 5.54 Å². The summed E-state index contributed by atoms with van der Waals surface area (Å²) < 4.78 is 0. The number of hydrogen-bond donors (Lipinski definition) is 2. The van der Waals surface area contributed by atoms with Gasteiger partial charge in [0.05, 0.1) is 12.1 Å². The van der Waals surface area contributed by atoms with Crippen molar-refractivity contribution >= 4 is 28.9 Å². The molecular formula is C16H17Cl2NO. The van der Waals surface area contributed by atoms with E-state index in [2.05, 4.69) is 5.32 Å². The standard InChI is InChI=1S/C16H17Cl2NO/c1-2-16(11-20,12-6-8-13(17)9-7-12)19-15-5-3-4-14(18)10-15/h3-10,19-20H,2,11H2,1H3. The highest BCUT2D eigenvalue weighted by molar-refractivity contribution is 6.31. The largest absolute Gasteiger partial charge is 0.394 e. The van der Waals surface area contributed by atoms with E-state index < -0.39 is 5.54 Å². The quantitative estimate of drug-likeness (QED) is 0.839. The van der Waals surface area contributed by atoms with E-state index in [0.29, 0.717) is 10.0 Å². The summed E-state index contributed by atoms with van der Waals surface area (Å²) in [5.74, 6) is 0. The predicted molar refractivity (Wildman–Crippen MR) is 85.6 cm³/mol. The molecule has 20 heavy (non-hydrogen) atoms. The highest BCUT2D eigenvalue weighted by atomic mass is 35.5. The molecule has 0 radical (unpaired) electrons. The van der Waals surface area contributed by atoms with Crippen molar-refractivity contribution in [2.75, 3.05) is 11.9 Å². The molecule has 2 nitrogen and oxygen atoms in total. The van der Waals surface area contributed by atoms with Crippen LogP contribution in [-0.4, -0.2) is 11.7 Å². The van der Waals surface area contributed by atoms with E-state index >= 15 is 0 Å². The molecule has 0 heterocycles. The van der Waals surface area contributed by atoms with Gasteiger partial charge in [0.2, 0.25) is 0 Å². The van der Waals surface area contributed by atoms with Gasteiger partial charge < -0.3 is 10.4 Å². The first-order chi connectivity index (χ1) is 9.59. The summed E-state index contributed by atoms with van der Waals surface area (Å²) in [6.07, 6.45) is 0.734. The fraction of sp³-hybridized carbons (Fsp3) is 0.250. The number of nitrogens with one attached hydrogen (secondary N) is 1. The first kappa shape index (κ1) is 15.2. The normalized spacial score (nSPS) is 13.8. The van der Waals surface area contributed by atoms with Gasteiger partial charge in [0, 0.05) is 15.7 Å². The molecule has 106 valence electrons. The van der Waals surface area contributed by atoms with Crippen molar-refractivity contribution in [1.82, 2.24) is 0 Å². The molecule has 1 unspecified atom stereocenters. The Morgan fingerprint density at radius 1 is 1.05 bits per heavy atom. The van der Waals surface area contributed by atoms with E-state index in [0.717, 1.165) is 17.7 Å². The smallest absolute Gasteiger partial charge is 0.0854 e. The fourth-order valence-corrected chi connectivity index (χ4v) is 2.54. The molecule has 0 saturated carbocycles. The van der Waals surface area contributed by atoms with Gasteiger partial charge >= 0.3 is 0 Å². The first-order valence-corrected chi connectivity index (χ1v) is 7.26. The second-order valence-electron chi connectivity index (χ2n) is 4.74. The van der Waals surface area contributed by atoms with Crippen molar-refractivity contribution in [3.8, 4) is 0 Å². The summed E-state index contributed by atoms with van der Waals surface area (Å²) in [4.78, 5) is 0. The number of aliphatic hydroxyl groups is 1. The molecule has 2 rings (SSSR count). The Morgan fingerprint density at radius 2 is 1.75 bits per heavy atom. The number of halogens is 2. The Balaban J connectivity index is 2.36. The van der Waals surface area contributed by atoms with Crippen molar-refractivity contribution in [3.05, 3.63) is 64.1 Å². The Morgan fingerprint density at radius 3 is 2.30 bits per heavy atom. The van der Waals surface area contributed by atoms with Crippen LogP contribution in [0.5, 0.6) is 0 Å². The molecule has 1 atom stereocenters. The Labute approximate surface area is 129 Å². The second-order valence-corrected chi connectivity index (χ2v) is 5.61. The van der Waals surface area contributed by atoms with Gasteiger partial charge in [-0.2, -0.15) is 0 Å². The molecule has 0 bridgehead atoms. The highest BCUT2D eigenvalue weighted by Crippen LogP contribution is 2.31. The Hall–Kier alpha value is -1.22. The van der Waals surface area contributed by atoms with Gasteiger partial charge in [-0.1, -0.05) is 48.3 Å². The monoisotopic (exact) mass is 309 g/mol. The molecule has 4 heteroatoms. The zero-order chi connectivity index (χ0) is 14.6. The van der Waals surface area contributed by atoms with Crippen molar-refractivity contribution in [2.45, 2.75) is 18.9 Å². The van der Waals surface area contributed by atoms with Gasteiger partial charge in [-0.05, 0) is 42.3 Å². The van der Waals surface area contributed by atoms with Crippen LogP contribution < -0.4 is 5.32 Å². The molecule has 0 aliphatic heterocycles. The van der Waals surface area contributed by atoms with Crippen molar-refractivity contribution in [1.29, 1.82) is 0 Å². The van der Waals surface area contributed by atoms with Crippen molar-refractivity contribution in [2.24, 2.45) is 0 Å². The zero-order valence-corrected chi connectivity index (χ0v) is 12.7. The summed E-state index contributed by atoms with van der Waals surface area (Å²) >= 11 is 11.9. The van der Waals surface area contributed by atoms with E-state index in [9.17, 15) is 5.11 Å². The predicted octanol–water partition coefficient (Wildman–Crippen LogP) is 4.70. The molecule has 2 aromatic carbocycles. The highest BCUT2D eigenvalue weighted by Gasteiger charge is 2.29. The van der Waals surface area contributed by atoms with Crippen LogP contribution in [0.15, 0.2) is 48.5 Å². The zero-order valence-electron chi connectivity index (χ0n) is 11.2. The Bertz CT molecular complexity index is 565. The van der Waals surface area contributed by atoms with E-state index in [1.807, 2.05) is 55.5 Å². The third-order valence-electron chi connectivity index (χ3n) is 3.48. The summed E-state index contributed by atoms with van der Waals surface area (Å²) in [5, 5.41) is 14.6. The molecule has 0 spiro atoms. The van der Waals surface area contributed by atoms with Gasteiger partial charge in [0.25, 0.3) is 0 Å². The van der Waals surface area contributed by atoms with Gasteiger partial charge in [0.15, 0.2) is 0 Å². The molecular weight excluding hydrogens is 293 g/mol. The fourth-order valence-electron chi connectivity index (χ4n) is 2.22. The van der Waals surface area contributed by atoms with Crippen LogP contribution in [0.4, 0.5) is 5.69 Å². The average Bonchev–Trinajstić information content (AvgIpc) is 2.46. The lowest BCUT2D eigenvalue weighted by molar-refractivity contribution is 0.207. The summed E-state index contributed by atoms with van der Waals surface area (Å²) in [5.41, 5.74) is 1.32. The lowest BCUT2D eigenvalue weighted by Crippen LogP contribution is -2.38. The van der Waals surface area contributed by atoms with E-state index in [4.69, 9.17) is 23.2 Å². The third kappa shape index (κ3) is 3.26. The van der Waals surface area contributed by atoms with E-state index in [-0.39, 0.29) is 6.61 Å².